The average molecular weight is 365 g/mol. The first-order chi connectivity index (χ1) is 11.6. The summed E-state index contributed by atoms with van der Waals surface area (Å²) in [6, 6.07) is 11.4. The number of amides is 1. The van der Waals surface area contributed by atoms with Gasteiger partial charge in [0.2, 0.25) is 5.91 Å². The lowest BCUT2D eigenvalue weighted by atomic mass is 10.1. The van der Waals surface area contributed by atoms with Crippen LogP contribution >= 0.6 is 23.2 Å². The molecule has 1 amide bonds. The van der Waals surface area contributed by atoms with Gasteiger partial charge < -0.3 is 0 Å². The topological polar surface area (TPSA) is 23.6 Å². The molecular weight excluding hydrogens is 350 g/mol. The lowest BCUT2D eigenvalue weighted by Gasteiger charge is -2.30. The van der Waals surface area contributed by atoms with Crippen molar-refractivity contribution in [2.45, 2.75) is 25.0 Å². The van der Waals surface area contributed by atoms with E-state index in [9.17, 15) is 9.18 Å². The molecule has 2 aliphatic rings. The summed E-state index contributed by atoms with van der Waals surface area (Å²) in [6.45, 7) is 0.844. The van der Waals surface area contributed by atoms with Crippen molar-refractivity contribution in [3.63, 3.8) is 0 Å². The van der Waals surface area contributed by atoms with Crippen LogP contribution in [0.2, 0.25) is 10.0 Å². The standard InChI is InChI=1S/C18H15Cl2FN2O/c19-14-8-7-13(10-15(14)20)23-17(11-3-5-12(21)6-4-11)22-9-1-2-16(22)18(23)24/h3-8,10,16-17H,1-2,9H2/t16-,17+/m0/s1. The van der Waals surface area contributed by atoms with Gasteiger partial charge in [0.25, 0.3) is 0 Å². The average Bonchev–Trinajstić information content (AvgIpc) is 3.14. The third-order valence-corrected chi connectivity index (χ3v) is 5.46. The zero-order chi connectivity index (χ0) is 16.8. The number of rotatable bonds is 2. The van der Waals surface area contributed by atoms with E-state index in [1.807, 2.05) is 0 Å². The van der Waals surface area contributed by atoms with Crippen molar-refractivity contribution >= 4 is 34.8 Å². The van der Waals surface area contributed by atoms with E-state index < -0.39 is 0 Å². The molecule has 0 N–H and O–H groups in total. The molecule has 0 unspecified atom stereocenters. The fraction of sp³-hybridized carbons (Fsp3) is 0.278. The Balaban J connectivity index is 1.81. The smallest absolute Gasteiger partial charge is 0.246 e. The van der Waals surface area contributed by atoms with Crippen molar-refractivity contribution < 1.29 is 9.18 Å². The number of carbonyl (C=O) groups excluding carboxylic acids is 1. The Labute approximate surface area is 149 Å². The van der Waals surface area contributed by atoms with Gasteiger partial charge in [-0.25, -0.2) is 4.39 Å². The normalized spacial score (nSPS) is 23.8. The summed E-state index contributed by atoms with van der Waals surface area (Å²) < 4.78 is 13.3. The molecule has 2 aromatic rings. The molecular formula is C18H15Cl2FN2O. The van der Waals surface area contributed by atoms with E-state index in [4.69, 9.17) is 23.2 Å². The fourth-order valence-electron chi connectivity index (χ4n) is 3.66. The summed E-state index contributed by atoms with van der Waals surface area (Å²) in [5, 5.41) is 0.859. The van der Waals surface area contributed by atoms with Crippen LogP contribution in [-0.4, -0.2) is 23.4 Å². The third-order valence-electron chi connectivity index (χ3n) is 4.72. The monoisotopic (exact) mass is 364 g/mol. The molecule has 0 aliphatic carbocycles. The molecule has 0 saturated carbocycles. The first-order valence-corrected chi connectivity index (χ1v) is 8.61. The molecule has 2 aliphatic heterocycles. The molecule has 2 atom stereocenters. The van der Waals surface area contributed by atoms with Crippen molar-refractivity contribution in [1.29, 1.82) is 0 Å². The van der Waals surface area contributed by atoms with Crippen LogP contribution in [0, 0.1) is 5.82 Å². The molecule has 24 heavy (non-hydrogen) atoms. The molecule has 2 fully saturated rings. The minimum Gasteiger partial charge on any atom is -0.290 e. The number of benzene rings is 2. The maximum Gasteiger partial charge on any atom is 0.246 e. The molecule has 4 rings (SSSR count). The minimum atomic E-state index is -0.290. The third kappa shape index (κ3) is 2.50. The van der Waals surface area contributed by atoms with Gasteiger partial charge in [0.1, 0.15) is 12.0 Å². The molecule has 0 aromatic heterocycles. The Hall–Kier alpha value is -1.62. The van der Waals surface area contributed by atoms with E-state index in [2.05, 4.69) is 4.90 Å². The Morgan fingerprint density at radius 1 is 1.04 bits per heavy atom. The summed E-state index contributed by atoms with van der Waals surface area (Å²) in [5.74, 6) is -0.234. The Morgan fingerprint density at radius 2 is 1.79 bits per heavy atom. The lowest BCUT2D eigenvalue weighted by molar-refractivity contribution is -0.119. The van der Waals surface area contributed by atoms with Gasteiger partial charge in [0.15, 0.2) is 0 Å². The molecule has 2 aromatic carbocycles. The van der Waals surface area contributed by atoms with Gasteiger partial charge in [-0.2, -0.15) is 0 Å². The van der Waals surface area contributed by atoms with Crippen molar-refractivity contribution in [1.82, 2.24) is 4.90 Å². The summed E-state index contributed by atoms with van der Waals surface area (Å²) in [5.41, 5.74) is 1.60. The highest BCUT2D eigenvalue weighted by atomic mass is 35.5. The van der Waals surface area contributed by atoms with Crippen LogP contribution < -0.4 is 4.90 Å². The van der Waals surface area contributed by atoms with Crippen molar-refractivity contribution in [2.75, 3.05) is 11.4 Å². The maximum absolute atomic E-state index is 13.3. The minimum absolute atomic E-state index is 0.0558. The van der Waals surface area contributed by atoms with E-state index >= 15 is 0 Å². The van der Waals surface area contributed by atoms with Gasteiger partial charge in [-0.1, -0.05) is 35.3 Å². The van der Waals surface area contributed by atoms with E-state index in [1.54, 1.807) is 35.2 Å². The van der Waals surface area contributed by atoms with Gasteiger partial charge in [-0.15, -0.1) is 0 Å². The largest absolute Gasteiger partial charge is 0.290 e. The molecule has 2 saturated heterocycles. The summed E-state index contributed by atoms with van der Waals surface area (Å²) in [6.07, 6.45) is 1.58. The van der Waals surface area contributed by atoms with Crippen molar-refractivity contribution in [2.24, 2.45) is 0 Å². The van der Waals surface area contributed by atoms with Crippen molar-refractivity contribution in [3.05, 3.63) is 63.9 Å². The second-order valence-electron chi connectivity index (χ2n) is 6.13. The number of fused-ring (bicyclic) bond motifs is 1. The highest BCUT2D eigenvalue weighted by Gasteiger charge is 2.49. The Kier molecular flexibility index (Phi) is 3.99. The lowest BCUT2D eigenvalue weighted by Crippen LogP contribution is -2.32. The predicted molar refractivity (Wildman–Crippen MR) is 92.8 cm³/mol. The van der Waals surface area contributed by atoms with E-state index in [0.717, 1.165) is 24.9 Å². The Bertz CT molecular complexity index is 796. The first-order valence-electron chi connectivity index (χ1n) is 7.85. The number of anilines is 1. The zero-order valence-corrected chi connectivity index (χ0v) is 14.3. The van der Waals surface area contributed by atoms with Gasteiger partial charge in [-0.05, 0) is 48.7 Å². The Morgan fingerprint density at radius 3 is 2.50 bits per heavy atom. The van der Waals surface area contributed by atoms with Crippen LogP contribution in [0.1, 0.15) is 24.6 Å². The van der Waals surface area contributed by atoms with Crippen LogP contribution in [0.25, 0.3) is 0 Å². The predicted octanol–water partition coefficient (Wildman–Crippen LogP) is 4.64. The van der Waals surface area contributed by atoms with Gasteiger partial charge in [0.05, 0.1) is 16.1 Å². The SMILES string of the molecule is O=C1[C@@H]2CCCN2[C@@H](c2ccc(F)cc2)N1c1ccc(Cl)c(Cl)c1. The van der Waals surface area contributed by atoms with Gasteiger partial charge in [0, 0.05) is 12.2 Å². The molecule has 6 heteroatoms. The van der Waals surface area contributed by atoms with E-state index in [-0.39, 0.29) is 23.9 Å². The summed E-state index contributed by atoms with van der Waals surface area (Å²) >= 11 is 12.1. The number of halogens is 3. The van der Waals surface area contributed by atoms with Crippen LogP contribution in [-0.2, 0) is 4.79 Å². The van der Waals surface area contributed by atoms with Crippen LogP contribution in [0.5, 0.6) is 0 Å². The number of carbonyl (C=O) groups is 1. The van der Waals surface area contributed by atoms with E-state index in [1.165, 1.54) is 12.1 Å². The van der Waals surface area contributed by atoms with Gasteiger partial charge in [-0.3, -0.25) is 14.6 Å². The fourth-order valence-corrected chi connectivity index (χ4v) is 3.95. The number of hydrogen-bond acceptors (Lipinski definition) is 2. The highest BCUT2D eigenvalue weighted by Crippen LogP contribution is 2.43. The molecule has 2 heterocycles. The number of hydrogen-bond donors (Lipinski definition) is 0. The quantitative estimate of drug-likeness (QED) is 0.774. The van der Waals surface area contributed by atoms with Crippen molar-refractivity contribution in [3.8, 4) is 0 Å². The number of nitrogens with zero attached hydrogens (tertiary/aromatic N) is 2. The van der Waals surface area contributed by atoms with Crippen LogP contribution in [0.4, 0.5) is 10.1 Å². The second kappa shape index (κ2) is 6.03. The summed E-state index contributed by atoms with van der Waals surface area (Å²) in [7, 11) is 0. The van der Waals surface area contributed by atoms with Crippen LogP contribution in [0.15, 0.2) is 42.5 Å². The molecule has 124 valence electrons. The van der Waals surface area contributed by atoms with Gasteiger partial charge >= 0.3 is 0 Å². The zero-order valence-electron chi connectivity index (χ0n) is 12.8. The van der Waals surface area contributed by atoms with Crippen LogP contribution in [0.3, 0.4) is 0 Å². The summed E-state index contributed by atoms with van der Waals surface area (Å²) in [4.78, 5) is 16.9. The second-order valence-corrected chi connectivity index (χ2v) is 6.94. The molecule has 0 radical (unpaired) electrons. The molecule has 0 bridgehead atoms. The molecule has 0 spiro atoms. The first kappa shape index (κ1) is 15.9. The van der Waals surface area contributed by atoms with E-state index in [0.29, 0.717) is 15.7 Å². The maximum atomic E-state index is 13.3. The molecule has 3 nitrogen and oxygen atoms in total. The highest BCUT2D eigenvalue weighted by molar-refractivity contribution is 6.42.